The minimum Gasteiger partial charge on any atom is -0.507 e. The lowest BCUT2D eigenvalue weighted by Gasteiger charge is -2.12. The first-order valence-corrected chi connectivity index (χ1v) is 7.11. The normalized spacial score (nSPS) is 13.4. The number of benzene rings is 1. The summed E-state index contributed by atoms with van der Waals surface area (Å²) in [6.07, 6.45) is 1.51. The van der Waals surface area contributed by atoms with Gasteiger partial charge in [0.15, 0.2) is 0 Å². The van der Waals surface area contributed by atoms with Crippen LogP contribution in [0.25, 0.3) is 0 Å². The van der Waals surface area contributed by atoms with Crippen LogP contribution in [0.5, 0.6) is 5.75 Å². The average molecular weight is 282 g/mol. The highest BCUT2D eigenvalue weighted by Gasteiger charge is 2.23. The summed E-state index contributed by atoms with van der Waals surface area (Å²) in [6.45, 7) is 3.34. The zero-order chi connectivity index (χ0) is 14.0. The van der Waals surface area contributed by atoms with E-state index in [1.807, 2.05) is 0 Å². The summed E-state index contributed by atoms with van der Waals surface area (Å²) in [5.74, 6) is 0.575. The summed E-state index contributed by atoms with van der Waals surface area (Å²) in [7, 11) is -3.83. The molecule has 0 bridgehead atoms. The third-order valence-corrected chi connectivity index (χ3v) is 4.08. The Morgan fingerprint density at radius 1 is 1.37 bits per heavy atom. The maximum absolute atomic E-state index is 12.1. The molecule has 102 valence electrons. The SMILES string of the molecule is Cc1cnc(C(C)NS(=O)(=O)c2ccccc2O)o1. The lowest BCUT2D eigenvalue weighted by Crippen LogP contribution is -2.27. The van der Waals surface area contributed by atoms with Crippen molar-refractivity contribution in [1.29, 1.82) is 0 Å². The Labute approximate surface area is 111 Å². The van der Waals surface area contributed by atoms with E-state index in [9.17, 15) is 13.5 Å². The van der Waals surface area contributed by atoms with Crippen molar-refractivity contribution in [2.45, 2.75) is 24.8 Å². The molecule has 2 N–H and O–H groups in total. The van der Waals surface area contributed by atoms with Crippen molar-refractivity contribution in [3.8, 4) is 5.75 Å². The molecule has 1 aromatic carbocycles. The molecule has 0 saturated heterocycles. The molecule has 0 fully saturated rings. The topological polar surface area (TPSA) is 92.4 Å². The van der Waals surface area contributed by atoms with Gasteiger partial charge in [0.25, 0.3) is 0 Å². The molecular weight excluding hydrogens is 268 g/mol. The highest BCUT2D eigenvalue weighted by atomic mass is 32.2. The molecule has 6 nitrogen and oxygen atoms in total. The van der Waals surface area contributed by atoms with E-state index in [2.05, 4.69) is 9.71 Å². The van der Waals surface area contributed by atoms with Crippen molar-refractivity contribution < 1.29 is 17.9 Å². The predicted molar refractivity (Wildman–Crippen MR) is 68.1 cm³/mol. The van der Waals surface area contributed by atoms with Gasteiger partial charge >= 0.3 is 0 Å². The minimum atomic E-state index is -3.83. The molecule has 19 heavy (non-hydrogen) atoms. The molecule has 1 unspecified atom stereocenters. The standard InChI is InChI=1S/C12H14N2O4S/c1-8-7-13-12(18-8)9(2)14-19(16,17)11-6-4-3-5-10(11)15/h3-7,9,14-15H,1-2H3. The van der Waals surface area contributed by atoms with E-state index in [1.54, 1.807) is 19.9 Å². The fraction of sp³-hybridized carbons (Fsp3) is 0.250. The number of hydrogen-bond acceptors (Lipinski definition) is 5. The van der Waals surface area contributed by atoms with Gasteiger partial charge in [-0.1, -0.05) is 12.1 Å². The van der Waals surface area contributed by atoms with Gasteiger partial charge in [-0.2, -0.15) is 4.72 Å². The number of aromatic nitrogens is 1. The molecule has 1 aromatic heterocycles. The van der Waals surface area contributed by atoms with Gasteiger partial charge in [0.2, 0.25) is 15.9 Å². The van der Waals surface area contributed by atoms with Gasteiger partial charge in [-0.3, -0.25) is 0 Å². The van der Waals surface area contributed by atoms with E-state index in [0.717, 1.165) is 0 Å². The number of rotatable bonds is 4. The van der Waals surface area contributed by atoms with Crippen molar-refractivity contribution >= 4 is 10.0 Å². The highest BCUT2D eigenvalue weighted by Crippen LogP contribution is 2.23. The zero-order valence-corrected chi connectivity index (χ0v) is 11.3. The van der Waals surface area contributed by atoms with Crippen LogP contribution in [-0.2, 0) is 10.0 Å². The first kappa shape index (κ1) is 13.6. The van der Waals surface area contributed by atoms with Gasteiger partial charge in [0.05, 0.1) is 12.2 Å². The smallest absolute Gasteiger partial charge is 0.244 e. The number of para-hydroxylation sites is 1. The number of nitrogens with zero attached hydrogens (tertiary/aromatic N) is 1. The molecule has 7 heteroatoms. The zero-order valence-electron chi connectivity index (χ0n) is 10.5. The lowest BCUT2D eigenvalue weighted by atomic mass is 10.3. The molecule has 1 atom stereocenters. The van der Waals surface area contributed by atoms with Crippen molar-refractivity contribution in [2.75, 3.05) is 0 Å². The Hall–Kier alpha value is -1.86. The molecular formula is C12H14N2O4S. The molecule has 2 rings (SSSR count). The molecule has 0 aliphatic carbocycles. The van der Waals surface area contributed by atoms with Gasteiger partial charge < -0.3 is 9.52 Å². The summed E-state index contributed by atoms with van der Waals surface area (Å²) in [5, 5.41) is 9.58. The van der Waals surface area contributed by atoms with E-state index in [1.165, 1.54) is 24.4 Å². The predicted octanol–water partition coefficient (Wildman–Crippen LogP) is 1.73. The Morgan fingerprint density at radius 2 is 2.05 bits per heavy atom. The summed E-state index contributed by atoms with van der Waals surface area (Å²) >= 11 is 0. The van der Waals surface area contributed by atoms with Gasteiger partial charge in [-0.05, 0) is 26.0 Å². The van der Waals surface area contributed by atoms with Gasteiger partial charge in [-0.25, -0.2) is 13.4 Å². The van der Waals surface area contributed by atoms with Gasteiger partial charge in [-0.15, -0.1) is 0 Å². The maximum atomic E-state index is 12.1. The molecule has 0 radical (unpaired) electrons. The van der Waals surface area contributed by atoms with Crippen molar-refractivity contribution in [2.24, 2.45) is 0 Å². The van der Waals surface area contributed by atoms with E-state index >= 15 is 0 Å². The average Bonchev–Trinajstić information content (AvgIpc) is 2.76. The fourth-order valence-corrected chi connectivity index (χ4v) is 2.90. The Kier molecular flexibility index (Phi) is 3.59. The number of aryl methyl sites for hydroxylation is 1. The van der Waals surface area contributed by atoms with Gasteiger partial charge in [0.1, 0.15) is 16.4 Å². The quantitative estimate of drug-likeness (QED) is 0.890. The Bertz CT molecular complexity index is 679. The molecule has 0 aliphatic rings. The molecule has 0 amide bonds. The van der Waals surface area contributed by atoms with Crippen LogP contribution < -0.4 is 4.72 Å². The molecule has 0 spiro atoms. The minimum absolute atomic E-state index is 0.176. The number of sulfonamides is 1. The highest BCUT2D eigenvalue weighted by molar-refractivity contribution is 7.89. The first-order valence-electron chi connectivity index (χ1n) is 5.63. The monoisotopic (exact) mass is 282 g/mol. The number of nitrogens with one attached hydrogen (secondary N) is 1. The van der Waals surface area contributed by atoms with Crippen LogP contribution in [0.3, 0.4) is 0 Å². The third kappa shape index (κ3) is 2.94. The molecule has 1 heterocycles. The largest absolute Gasteiger partial charge is 0.507 e. The molecule has 0 saturated carbocycles. The van der Waals surface area contributed by atoms with Crippen LogP contribution in [-0.4, -0.2) is 18.5 Å². The molecule has 2 aromatic rings. The fourth-order valence-electron chi connectivity index (χ4n) is 1.60. The summed E-state index contributed by atoms with van der Waals surface area (Å²) in [4.78, 5) is 3.78. The van der Waals surface area contributed by atoms with E-state index in [0.29, 0.717) is 5.76 Å². The first-order chi connectivity index (χ1) is 8.90. The number of aromatic hydroxyl groups is 1. The van der Waals surface area contributed by atoms with E-state index in [-0.39, 0.29) is 16.5 Å². The number of phenols is 1. The molecule has 0 aliphatic heterocycles. The van der Waals surface area contributed by atoms with Crippen LogP contribution >= 0.6 is 0 Å². The van der Waals surface area contributed by atoms with Crippen LogP contribution in [0.15, 0.2) is 39.8 Å². The lowest BCUT2D eigenvalue weighted by molar-refractivity contribution is 0.425. The number of phenolic OH excluding ortho intramolecular Hbond substituents is 1. The van der Waals surface area contributed by atoms with Crippen LogP contribution in [0.1, 0.15) is 24.6 Å². The second-order valence-electron chi connectivity index (χ2n) is 4.12. The van der Waals surface area contributed by atoms with Crippen LogP contribution in [0, 0.1) is 6.92 Å². The summed E-state index contributed by atoms with van der Waals surface area (Å²) in [5.41, 5.74) is 0. The van der Waals surface area contributed by atoms with Gasteiger partial charge in [0, 0.05) is 0 Å². The van der Waals surface area contributed by atoms with Crippen LogP contribution in [0.2, 0.25) is 0 Å². The Balaban J connectivity index is 2.25. The number of oxazole rings is 1. The third-order valence-electron chi connectivity index (χ3n) is 2.50. The second kappa shape index (κ2) is 5.02. The maximum Gasteiger partial charge on any atom is 0.244 e. The van der Waals surface area contributed by atoms with Crippen molar-refractivity contribution in [3.05, 3.63) is 42.1 Å². The second-order valence-corrected chi connectivity index (χ2v) is 5.80. The Morgan fingerprint density at radius 3 is 2.63 bits per heavy atom. The van der Waals surface area contributed by atoms with Crippen molar-refractivity contribution in [3.63, 3.8) is 0 Å². The summed E-state index contributed by atoms with van der Waals surface area (Å²) < 4.78 is 31.9. The number of hydrogen-bond donors (Lipinski definition) is 2. The van der Waals surface area contributed by atoms with Crippen molar-refractivity contribution in [1.82, 2.24) is 9.71 Å². The van der Waals surface area contributed by atoms with E-state index < -0.39 is 16.1 Å². The summed E-state index contributed by atoms with van der Waals surface area (Å²) in [6, 6.07) is 5.10. The van der Waals surface area contributed by atoms with E-state index in [4.69, 9.17) is 4.42 Å². The van der Waals surface area contributed by atoms with Crippen LogP contribution in [0.4, 0.5) is 0 Å².